The lowest BCUT2D eigenvalue weighted by Crippen LogP contribution is -2.37. The summed E-state index contributed by atoms with van der Waals surface area (Å²) in [6.07, 6.45) is -3.42. The third-order valence-corrected chi connectivity index (χ3v) is 4.40. The fraction of sp³-hybridized carbons (Fsp3) is 0.647. The SMILES string of the molecule is COc1cc(C)c([C@H](C)N[C@H]2CCN(CC(F)(F)F)C2)cc1OC. The molecule has 0 aromatic heterocycles. The van der Waals surface area contributed by atoms with Crippen LogP contribution in [0.4, 0.5) is 13.2 Å². The van der Waals surface area contributed by atoms with Gasteiger partial charge in [-0.25, -0.2) is 0 Å². The molecule has 7 heteroatoms. The van der Waals surface area contributed by atoms with Gasteiger partial charge in [0.05, 0.1) is 20.8 Å². The summed E-state index contributed by atoms with van der Waals surface area (Å²) in [5, 5.41) is 3.44. The van der Waals surface area contributed by atoms with Crippen LogP contribution in [0.5, 0.6) is 11.5 Å². The lowest BCUT2D eigenvalue weighted by molar-refractivity contribution is -0.143. The van der Waals surface area contributed by atoms with Gasteiger partial charge in [0, 0.05) is 25.2 Å². The number of methoxy groups -OCH3 is 2. The van der Waals surface area contributed by atoms with Crippen molar-refractivity contribution in [1.29, 1.82) is 0 Å². The van der Waals surface area contributed by atoms with Gasteiger partial charge in [0.1, 0.15) is 0 Å². The van der Waals surface area contributed by atoms with Crippen LogP contribution in [0.15, 0.2) is 12.1 Å². The number of nitrogens with one attached hydrogen (secondary N) is 1. The first-order valence-corrected chi connectivity index (χ1v) is 8.01. The smallest absolute Gasteiger partial charge is 0.401 e. The Bertz CT molecular complexity index is 564. The average Bonchev–Trinajstić information content (AvgIpc) is 2.91. The summed E-state index contributed by atoms with van der Waals surface area (Å²) in [6.45, 7) is 4.04. The van der Waals surface area contributed by atoms with Crippen molar-refractivity contribution in [3.63, 3.8) is 0 Å². The molecule has 2 atom stereocenters. The van der Waals surface area contributed by atoms with Gasteiger partial charge in [-0.1, -0.05) is 0 Å². The van der Waals surface area contributed by atoms with Crippen molar-refractivity contribution < 1.29 is 22.6 Å². The summed E-state index contributed by atoms with van der Waals surface area (Å²) < 4.78 is 48.1. The minimum Gasteiger partial charge on any atom is -0.493 e. The van der Waals surface area contributed by atoms with Crippen molar-refractivity contribution in [2.45, 2.75) is 38.5 Å². The zero-order valence-electron chi connectivity index (χ0n) is 14.5. The maximum absolute atomic E-state index is 12.5. The molecule has 1 aromatic carbocycles. The number of aryl methyl sites for hydroxylation is 1. The van der Waals surface area contributed by atoms with Gasteiger partial charge in [-0.2, -0.15) is 13.2 Å². The summed E-state index contributed by atoms with van der Waals surface area (Å²) in [5.41, 5.74) is 2.11. The van der Waals surface area contributed by atoms with Crippen LogP contribution in [0.3, 0.4) is 0 Å². The van der Waals surface area contributed by atoms with Crippen molar-refractivity contribution >= 4 is 0 Å². The van der Waals surface area contributed by atoms with Crippen LogP contribution in [-0.2, 0) is 0 Å². The molecular formula is C17H25F3N2O2. The number of alkyl halides is 3. The molecule has 0 amide bonds. The largest absolute Gasteiger partial charge is 0.493 e. The Morgan fingerprint density at radius 3 is 2.46 bits per heavy atom. The molecule has 1 aliphatic heterocycles. The average molecular weight is 346 g/mol. The first-order valence-electron chi connectivity index (χ1n) is 8.01. The Morgan fingerprint density at radius 1 is 1.25 bits per heavy atom. The van der Waals surface area contributed by atoms with Crippen molar-refractivity contribution in [2.75, 3.05) is 33.9 Å². The molecular weight excluding hydrogens is 321 g/mol. The Kier molecular flexibility index (Phi) is 5.98. The molecule has 0 radical (unpaired) electrons. The van der Waals surface area contributed by atoms with Gasteiger partial charge in [-0.15, -0.1) is 0 Å². The van der Waals surface area contributed by atoms with E-state index < -0.39 is 12.7 Å². The molecule has 1 saturated heterocycles. The molecule has 0 spiro atoms. The van der Waals surface area contributed by atoms with Gasteiger partial charge in [0.15, 0.2) is 11.5 Å². The third kappa shape index (κ3) is 4.77. The molecule has 1 heterocycles. The van der Waals surface area contributed by atoms with E-state index in [4.69, 9.17) is 9.47 Å². The molecule has 1 N–H and O–H groups in total. The highest BCUT2D eigenvalue weighted by molar-refractivity contribution is 5.48. The number of hydrogen-bond acceptors (Lipinski definition) is 4. The standard InChI is InChI=1S/C17H25F3N2O2/c1-11-7-15(23-3)16(24-4)8-14(11)12(2)21-13-5-6-22(9-13)10-17(18,19)20/h7-8,12-13,21H,5-6,9-10H2,1-4H3/t12-,13-/m0/s1. The van der Waals surface area contributed by atoms with Crippen LogP contribution >= 0.6 is 0 Å². The highest BCUT2D eigenvalue weighted by Gasteiger charge is 2.34. The van der Waals surface area contributed by atoms with Crippen molar-refractivity contribution in [3.8, 4) is 11.5 Å². The first kappa shape index (κ1) is 18.9. The third-order valence-electron chi connectivity index (χ3n) is 4.40. The quantitative estimate of drug-likeness (QED) is 0.857. The molecule has 0 aliphatic carbocycles. The lowest BCUT2D eigenvalue weighted by Gasteiger charge is -2.23. The molecule has 24 heavy (non-hydrogen) atoms. The van der Waals surface area contributed by atoms with Crippen LogP contribution in [0.2, 0.25) is 0 Å². The number of likely N-dealkylation sites (tertiary alicyclic amines) is 1. The molecule has 4 nitrogen and oxygen atoms in total. The summed E-state index contributed by atoms with van der Waals surface area (Å²) in [5.74, 6) is 1.32. The van der Waals surface area contributed by atoms with Gasteiger partial charge in [-0.3, -0.25) is 4.90 Å². The maximum atomic E-state index is 12.5. The van der Waals surface area contributed by atoms with E-state index in [2.05, 4.69) is 5.32 Å². The van der Waals surface area contributed by atoms with Gasteiger partial charge in [0.2, 0.25) is 0 Å². The Morgan fingerprint density at radius 2 is 1.88 bits per heavy atom. The highest BCUT2D eigenvalue weighted by Crippen LogP contribution is 2.33. The Balaban J connectivity index is 2.02. The zero-order valence-corrected chi connectivity index (χ0v) is 14.5. The summed E-state index contributed by atoms with van der Waals surface area (Å²) in [6, 6.07) is 3.90. The summed E-state index contributed by atoms with van der Waals surface area (Å²) in [7, 11) is 3.17. The predicted molar refractivity (Wildman–Crippen MR) is 86.7 cm³/mol. The monoisotopic (exact) mass is 346 g/mol. The van der Waals surface area contributed by atoms with E-state index in [0.29, 0.717) is 31.0 Å². The van der Waals surface area contributed by atoms with Crippen LogP contribution in [-0.4, -0.2) is 51.0 Å². The van der Waals surface area contributed by atoms with Crippen molar-refractivity contribution in [1.82, 2.24) is 10.2 Å². The zero-order chi connectivity index (χ0) is 17.9. The molecule has 136 valence electrons. The highest BCUT2D eigenvalue weighted by atomic mass is 19.4. The second-order valence-electron chi connectivity index (χ2n) is 6.29. The molecule has 0 bridgehead atoms. The molecule has 1 aromatic rings. The van der Waals surface area contributed by atoms with Gasteiger partial charge >= 0.3 is 6.18 Å². The number of benzene rings is 1. The molecule has 1 aliphatic rings. The summed E-state index contributed by atoms with van der Waals surface area (Å²) in [4.78, 5) is 1.45. The normalized spacial score (nSPS) is 20.2. The predicted octanol–water partition coefficient (Wildman–Crippen LogP) is 3.30. The minimum absolute atomic E-state index is 0.0145. The van der Waals surface area contributed by atoms with Gasteiger partial charge in [0.25, 0.3) is 0 Å². The van der Waals surface area contributed by atoms with E-state index >= 15 is 0 Å². The molecule has 0 unspecified atom stereocenters. The molecule has 0 saturated carbocycles. The Hall–Kier alpha value is -1.47. The van der Waals surface area contributed by atoms with Gasteiger partial charge < -0.3 is 14.8 Å². The second-order valence-corrected chi connectivity index (χ2v) is 6.29. The van der Waals surface area contributed by atoms with Gasteiger partial charge in [-0.05, 0) is 43.5 Å². The number of nitrogens with zero attached hydrogens (tertiary/aromatic N) is 1. The van der Waals surface area contributed by atoms with E-state index in [9.17, 15) is 13.2 Å². The first-order chi connectivity index (χ1) is 11.2. The fourth-order valence-corrected chi connectivity index (χ4v) is 3.27. The second kappa shape index (κ2) is 7.61. The van der Waals surface area contributed by atoms with Crippen LogP contribution < -0.4 is 14.8 Å². The van der Waals surface area contributed by atoms with Crippen molar-refractivity contribution in [2.24, 2.45) is 0 Å². The van der Waals surface area contributed by atoms with E-state index in [1.807, 2.05) is 26.0 Å². The number of halogens is 3. The minimum atomic E-state index is -4.14. The number of rotatable bonds is 6. The number of ether oxygens (including phenoxy) is 2. The fourth-order valence-electron chi connectivity index (χ4n) is 3.27. The van der Waals surface area contributed by atoms with Crippen LogP contribution in [0, 0.1) is 6.92 Å². The van der Waals surface area contributed by atoms with Crippen LogP contribution in [0.25, 0.3) is 0 Å². The van der Waals surface area contributed by atoms with E-state index in [0.717, 1.165) is 11.1 Å². The van der Waals surface area contributed by atoms with E-state index in [-0.39, 0.29) is 12.1 Å². The van der Waals surface area contributed by atoms with E-state index in [1.165, 1.54) is 4.90 Å². The maximum Gasteiger partial charge on any atom is 0.401 e. The summed E-state index contributed by atoms with van der Waals surface area (Å²) >= 11 is 0. The van der Waals surface area contributed by atoms with Crippen LogP contribution in [0.1, 0.15) is 30.5 Å². The van der Waals surface area contributed by atoms with E-state index in [1.54, 1.807) is 14.2 Å². The number of hydrogen-bond donors (Lipinski definition) is 1. The molecule has 1 fully saturated rings. The molecule has 2 rings (SSSR count). The Labute approximate surface area is 140 Å². The topological polar surface area (TPSA) is 33.7 Å². The van der Waals surface area contributed by atoms with Crippen molar-refractivity contribution in [3.05, 3.63) is 23.3 Å². The lowest BCUT2D eigenvalue weighted by atomic mass is 10.0.